The molecule has 3 saturated heterocycles. The topological polar surface area (TPSA) is 55.4 Å². The van der Waals surface area contributed by atoms with Crippen LogP contribution in [0, 0.1) is 0 Å². The molecule has 0 aromatic carbocycles. The van der Waals surface area contributed by atoms with E-state index in [1.807, 2.05) is 34.0 Å². The molecule has 5 atom stereocenters. The van der Waals surface area contributed by atoms with Gasteiger partial charge in [-0.25, -0.2) is 0 Å². The van der Waals surface area contributed by atoms with E-state index < -0.39 is 17.9 Å². The molecule has 0 aromatic rings. The average Bonchev–Trinajstić information content (AvgIpc) is 3.01. The summed E-state index contributed by atoms with van der Waals surface area (Å²) in [7, 11) is 0. The fourth-order valence-electron chi connectivity index (χ4n) is 2.97. The molecule has 0 radical (unpaired) electrons. The van der Waals surface area contributed by atoms with Gasteiger partial charge in [-0.2, -0.15) is 0 Å². The lowest BCUT2D eigenvalue weighted by Gasteiger charge is -2.29. The predicted octanol–water partition coefficient (Wildman–Crippen LogP) is 2.05. The van der Waals surface area contributed by atoms with E-state index in [0.29, 0.717) is 11.0 Å². The molecule has 3 aliphatic rings. The quantitative estimate of drug-likeness (QED) is 0.702. The Hall–Kier alpha value is 0.0400. The maximum Gasteiger partial charge on any atom is 0.220 e. The van der Waals surface area contributed by atoms with Crippen molar-refractivity contribution in [1.29, 1.82) is 0 Å². The Kier molecular flexibility index (Phi) is 4.48. The highest BCUT2D eigenvalue weighted by Crippen LogP contribution is 2.42. The molecule has 6 nitrogen and oxygen atoms in total. The Morgan fingerprint density at radius 2 is 1.82 bits per heavy atom. The highest BCUT2D eigenvalue weighted by molar-refractivity contribution is 8.22. The van der Waals surface area contributed by atoms with Gasteiger partial charge in [0.05, 0.1) is 6.61 Å². The highest BCUT2D eigenvalue weighted by Gasteiger charge is 2.59. The van der Waals surface area contributed by atoms with Crippen LogP contribution in [0.25, 0.3) is 0 Å². The van der Waals surface area contributed by atoms with Crippen LogP contribution in [0.4, 0.5) is 0 Å². The molecule has 8 heteroatoms. The number of fused-ring (bicyclic) bond motifs is 1. The highest BCUT2D eigenvalue weighted by atomic mass is 32.2. The standard InChI is InChI=1S/C14H22O6S2/c1-13(2)15-6-7(18-13)8-9(17-12(21)22-5)10-11(16-8)20-14(3,4)19-10/h7-11H,6H2,1-5H3/t7-,8-,9+,10-,11-/m0/s1. The van der Waals surface area contributed by atoms with Crippen LogP contribution < -0.4 is 0 Å². The minimum atomic E-state index is -0.699. The summed E-state index contributed by atoms with van der Waals surface area (Å²) in [4.78, 5) is 0. The first-order valence-corrected chi connectivity index (χ1v) is 8.91. The van der Waals surface area contributed by atoms with Gasteiger partial charge in [0.15, 0.2) is 30.1 Å². The summed E-state index contributed by atoms with van der Waals surface area (Å²) >= 11 is 6.57. The van der Waals surface area contributed by atoms with Gasteiger partial charge in [0, 0.05) is 0 Å². The third-order valence-corrected chi connectivity index (χ3v) is 4.85. The van der Waals surface area contributed by atoms with Crippen molar-refractivity contribution < 1.29 is 28.4 Å². The molecule has 0 amide bonds. The minimum absolute atomic E-state index is 0.245. The van der Waals surface area contributed by atoms with Crippen molar-refractivity contribution in [3.63, 3.8) is 0 Å². The van der Waals surface area contributed by atoms with Gasteiger partial charge >= 0.3 is 0 Å². The zero-order valence-corrected chi connectivity index (χ0v) is 15.0. The number of hydrogen-bond acceptors (Lipinski definition) is 8. The molecule has 3 heterocycles. The molecule has 0 N–H and O–H groups in total. The van der Waals surface area contributed by atoms with E-state index in [1.165, 1.54) is 11.8 Å². The number of rotatable bonds is 2. The van der Waals surface area contributed by atoms with E-state index in [2.05, 4.69) is 0 Å². The molecule has 0 bridgehead atoms. The monoisotopic (exact) mass is 350 g/mol. The molecule has 3 fully saturated rings. The van der Waals surface area contributed by atoms with E-state index in [-0.39, 0.29) is 24.4 Å². The smallest absolute Gasteiger partial charge is 0.220 e. The second-order valence-electron chi connectivity index (χ2n) is 6.47. The van der Waals surface area contributed by atoms with Gasteiger partial charge in [0.2, 0.25) is 4.38 Å². The fraction of sp³-hybridized carbons (Fsp3) is 0.929. The minimum Gasteiger partial charge on any atom is -0.469 e. The summed E-state index contributed by atoms with van der Waals surface area (Å²) in [5.41, 5.74) is 0. The molecule has 0 unspecified atom stereocenters. The second kappa shape index (κ2) is 5.84. The van der Waals surface area contributed by atoms with Crippen molar-refractivity contribution in [3.05, 3.63) is 0 Å². The Morgan fingerprint density at radius 1 is 1.09 bits per heavy atom. The number of thiocarbonyl (C=S) groups is 1. The van der Waals surface area contributed by atoms with E-state index in [0.717, 1.165) is 0 Å². The van der Waals surface area contributed by atoms with Gasteiger partial charge in [-0.05, 0) is 46.2 Å². The van der Waals surface area contributed by atoms with Crippen LogP contribution in [0.5, 0.6) is 0 Å². The van der Waals surface area contributed by atoms with Crippen molar-refractivity contribution >= 4 is 28.4 Å². The molecule has 126 valence electrons. The van der Waals surface area contributed by atoms with Gasteiger partial charge in [-0.1, -0.05) is 11.8 Å². The first-order chi connectivity index (χ1) is 10.2. The van der Waals surface area contributed by atoms with E-state index in [9.17, 15) is 0 Å². The molecule has 0 aliphatic carbocycles. The number of thioether (sulfide) groups is 1. The summed E-state index contributed by atoms with van der Waals surface area (Å²) in [6, 6.07) is 0. The largest absolute Gasteiger partial charge is 0.469 e. The Labute approximate surface area is 140 Å². The lowest BCUT2D eigenvalue weighted by molar-refractivity contribution is -0.230. The number of ether oxygens (including phenoxy) is 6. The Morgan fingerprint density at radius 3 is 2.41 bits per heavy atom. The van der Waals surface area contributed by atoms with Gasteiger partial charge < -0.3 is 28.4 Å². The molecule has 0 saturated carbocycles. The van der Waals surface area contributed by atoms with Crippen LogP contribution >= 0.6 is 24.0 Å². The zero-order valence-electron chi connectivity index (χ0n) is 13.4. The van der Waals surface area contributed by atoms with Crippen LogP contribution in [0.1, 0.15) is 27.7 Å². The van der Waals surface area contributed by atoms with Gasteiger partial charge in [0.25, 0.3) is 0 Å². The maximum absolute atomic E-state index is 6.01. The Bertz CT molecular complexity index is 455. The van der Waals surface area contributed by atoms with E-state index >= 15 is 0 Å². The summed E-state index contributed by atoms with van der Waals surface area (Å²) in [6.07, 6.45) is 0.0796. The summed E-state index contributed by atoms with van der Waals surface area (Å²) in [5.74, 6) is -1.33. The normalized spacial score (nSPS) is 42.3. The molecule has 0 spiro atoms. The molecule has 0 aromatic heterocycles. The first-order valence-electron chi connectivity index (χ1n) is 7.28. The van der Waals surface area contributed by atoms with Crippen LogP contribution in [0.3, 0.4) is 0 Å². The summed E-state index contributed by atoms with van der Waals surface area (Å²) in [6.45, 7) is 7.90. The predicted molar refractivity (Wildman–Crippen MR) is 84.6 cm³/mol. The molecular weight excluding hydrogens is 328 g/mol. The molecule has 3 aliphatic heterocycles. The van der Waals surface area contributed by atoms with Crippen LogP contribution in [0.15, 0.2) is 0 Å². The van der Waals surface area contributed by atoms with E-state index in [4.69, 9.17) is 40.6 Å². The van der Waals surface area contributed by atoms with Crippen molar-refractivity contribution in [2.24, 2.45) is 0 Å². The summed E-state index contributed by atoms with van der Waals surface area (Å²) < 4.78 is 35.6. The zero-order chi connectivity index (χ0) is 16.1. The van der Waals surface area contributed by atoms with Crippen LogP contribution in [-0.2, 0) is 28.4 Å². The second-order valence-corrected chi connectivity index (χ2v) is 7.88. The van der Waals surface area contributed by atoms with E-state index in [1.54, 1.807) is 0 Å². The molecule has 3 rings (SSSR count). The van der Waals surface area contributed by atoms with Gasteiger partial charge in [-0.15, -0.1) is 0 Å². The average molecular weight is 350 g/mol. The number of hydrogen-bond donors (Lipinski definition) is 0. The molecule has 22 heavy (non-hydrogen) atoms. The third-order valence-electron chi connectivity index (χ3n) is 3.82. The maximum atomic E-state index is 6.01. The lowest BCUT2D eigenvalue weighted by atomic mass is 10.1. The van der Waals surface area contributed by atoms with Crippen molar-refractivity contribution in [2.45, 2.75) is 70.0 Å². The van der Waals surface area contributed by atoms with Crippen molar-refractivity contribution in [1.82, 2.24) is 0 Å². The van der Waals surface area contributed by atoms with Crippen molar-refractivity contribution in [3.8, 4) is 0 Å². The van der Waals surface area contributed by atoms with Crippen molar-refractivity contribution in [2.75, 3.05) is 12.9 Å². The van der Waals surface area contributed by atoms with Crippen LogP contribution in [-0.4, -0.2) is 59.5 Å². The molecular formula is C14H22O6S2. The first kappa shape index (κ1) is 16.9. The fourth-order valence-corrected chi connectivity index (χ4v) is 3.29. The summed E-state index contributed by atoms with van der Waals surface area (Å²) in [5, 5.41) is 0. The van der Waals surface area contributed by atoms with Crippen LogP contribution in [0.2, 0.25) is 0 Å². The third kappa shape index (κ3) is 3.28. The Balaban J connectivity index is 1.76. The SMILES string of the molecule is CSC(=S)O[C@H]1[C@@H]2OC(C)(C)O[C@@H]2O[C@H]1[C@@H]1COC(C)(C)O1. The van der Waals surface area contributed by atoms with Gasteiger partial charge in [-0.3, -0.25) is 0 Å². The van der Waals surface area contributed by atoms with Gasteiger partial charge in [0.1, 0.15) is 12.2 Å². The lowest BCUT2D eigenvalue weighted by Crippen LogP contribution is -2.44.